The van der Waals surface area contributed by atoms with Gasteiger partial charge in [0.15, 0.2) is 0 Å². The van der Waals surface area contributed by atoms with E-state index in [4.69, 9.17) is 5.73 Å². The molecule has 1 fully saturated rings. The number of rotatable bonds is 6. The molecule has 0 aromatic heterocycles. The molecule has 1 saturated carbocycles. The number of hydrogen-bond acceptors (Lipinski definition) is 2. The highest BCUT2D eigenvalue weighted by atomic mass is 32.2. The minimum absolute atomic E-state index is 0.711. The molecule has 2 N–H and O–H groups in total. The molecular weight excluding hydrogens is 202 g/mol. The molecule has 0 aromatic carbocycles. The summed E-state index contributed by atoms with van der Waals surface area (Å²) in [5.74, 6) is 0.835. The second kappa shape index (κ2) is 7.56. The molecule has 0 spiro atoms. The summed E-state index contributed by atoms with van der Waals surface area (Å²) < 4.78 is 0. The Kier molecular flexibility index (Phi) is 6.74. The first-order chi connectivity index (χ1) is 7.31. The highest BCUT2D eigenvalue weighted by Gasteiger charge is 2.23. The third kappa shape index (κ3) is 4.36. The second-order valence-corrected chi connectivity index (χ2v) is 6.29. The van der Waals surface area contributed by atoms with Crippen molar-refractivity contribution in [3.63, 3.8) is 0 Å². The Morgan fingerprint density at radius 2 is 1.73 bits per heavy atom. The van der Waals surface area contributed by atoms with Gasteiger partial charge in [0, 0.05) is 17.0 Å². The van der Waals surface area contributed by atoms with Gasteiger partial charge in [0.1, 0.15) is 0 Å². The molecule has 90 valence electrons. The normalized spacial score (nSPS) is 20.8. The van der Waals surface area contributed by atoms with Gasteiger partial charge in [-0.1, -0.05) is 46.0 Å². The van der Waals surface area contributed by atoms with E-state index in [1.807, 2.05) is 0 Å². The van der Waals surface area contributed by atoms with Crippen molar-refractivity contribution < 1.29 is 0 Å². The predicted octanol–water partition coefficient (Wildman–Crippen LogP) is 3.82. The largest absolute Gasteiger partial charge is 0.329 e. The van der Waals surface area contributed by atoms with Gasteiger partial charge in [-0.3, -0.25) is 0 Å². The smallest absolute Gasteiger partial charge is 0.0201 e. The standard InChI is InChI=1S/C13H27NS/c1-3-11(4-2)13(10-14)15-12-8-6-5-7-9-12/h11-13H,3-10,14H2,1-2H3. The molecule has 2 heteroatoms. The molecular formula is C13H27NS. The van der Waals surface area contributed by atoms with Crippen molar-refractivity contribution in [3.8, 4) is 0 Å². The van der Waals surface area contributed by atoms with Crippen LogP contribution >= 0.6 is 11.8 Å². The fourth-order valence-electron chi connectivity index (χ4n) is 2.62. The predicted molar refractivity (Wildman–Crippen MR) is 71.4 cm³/mol. The quantitative estimate of drug-likeness (QED) is 0.749. The number of nitrogens with two attached hydrogens (primary N) is 1. The Balaban J connectivity index is 2.36. The van der Waals surface area contributed by atoms with Crippen LogP contribution in [0.3, 0.4) is 0 Å². The molecule has 1 nitrogen and oxygen atoms in total. The number of thioether (sulfide) groups is 1. The van der Waals surface area contributed by atoms with Gasteiger partial charge in [-0.2, -0.15) is 11.8 Å². The first-order valence-electron chi connectivity index (χ1n) is 6.67. The molecule has 0 saturated heterocycles. The Morgan fingerprint density at radius 1 is 1.13 bits per heavy atom. The van der Waals surface area contributed by atoms with Crippen molar-refractivity contribution in [1.29, 1.82) is 0 Å². The fourth-order valence-corrected chi connectivity index (χ4v) is 4.44. The van der Waals surface area contributed by atoms with E-state index in [-0.39, 0.29) is 0 Å². The maximum atomic E-state index is 5.92. The third-order valence-electron chi connectivity index (χ3n) is 3.73. The summed E-state index contributed by atoms with van der Waals surface area (Å²) in [6, 6.07) is 0. The van der Waals surface area contributed by atoms with Crippen molar-refractivity contribution in [2.45, 2.75) is 69.3 Å². The molecule has 1 unspecified atom stereocenters. The lowest BCUT2D eigenvalue weighted by Crippen LogP contribution is -2.28. The first kappa shape index (κ1) is 13.4. The first-order valence-corrected chi connectivity index (χ1v) is 7.61. The summed E-state index contributed by atoms with van der Waals surface area (Å²) in [5.41, 5.74) is 5.92. The summed E-state index contributed by atoms with van der Waals surface area (Å²) in [7, 11) is 0. The summed E-state index contributed by atoms with van der Waals surface area (Å²) in [5, 5.41) is 1.62. The van der Waals surface area contributed by atoms with E-state index >= 15 is 0 Å². The highest BCUT2D eigenvalue weighted by Crippen LogP contribution is 2.35. The maximum absolute atomic E-state index is 5.92. The van der Waals surface area contributed by atoms with Crippen LogP contribution in [0.4, 0.5) is 0 Å². The summed E-state index contributed by atoms with van der Waals surface area (Å²) in [4.78, 5) is 0. The second-order valence-electron chi connectivity index (χ2n) is 4.75. The molecule has 1 atom stereocenters. The molecule has 0 radical (unpaired) electrons. The molecule has 1 aliphatic rings. The Bertz CT molecular complexity index is 151. The molecule has 1 rings (SSSR count). The van der Waals surface area contributed by atoms with E-state index in [9.17, 15) is 0 Å². The van der Waals surface area contributed by atoms with E-state index in [0.29, 0.717) is 5.25 Å². The Labute approximate surface area is 99.6 Å². The average molecular weight is 229 g/mol. The zero-order valence-corrected chi connectivity index (χ0v) is 11.2. The van der Waals surface area contributed by atoms with Gasteiger partial charge >= 0.3 is 0 Å². The van der Waals surface area contributed by atoms with Crippen molar-refractivity contribution in [2.24, 2.45) is 11.7 Å². The topological polar surface area (TPSA) is 26.0 Å². The zero-order valence-electron chi connectivity index (χ0n) is 10.4. The van der Waals surface area contributed by atoms with Crippen LogP contribution in [0.2, 0.25) is 0 Å². The van der Waals surface area contributed by atoms with Gasteiger partial charge in [-0.25, -0.2) is 0 Å². The average Bonchev–Trinajstić information content (AvgIpc) is 2.30. The van der Waals surface area contributed by atoms with Gasteiger partial charge in [-0.05, 0) is 18.8 Å². The highest BCUT2D eigenvalue weighted by molar-refractivity contribution is 8.00. The van der Waals surface area contributed by atoms with Crippen LogP contribution in [0.25, 0.3) is 0 Å². The minimum Gasteiger partial charge on any atom is -0.329 e. The van der Waals surface area contributed by atoms with E-state index in [1.165, 1.54) is 44.9 Å². The Morgan fingerprint density at radius 3 is 2.20 bits per heavy atom. The van der Waals surface area contributed by atoms with Crippen molar-refractivity contribution in [3.05, 3.63) is 0 Å². The number of hydrogen-bond donors (Lipinski definition) is 1. The van der Waals surface area contributed by atoms with Crippen LogP contribution in [-0.2, 0) is 0 Å². The van der Waals surface area contributed by atoms with Gasteiger partial charge in [0.25, 0.3) is 0 Å². The van der Waals surface area contributed by atoms with Crippen molar-refractivity contribution in [2.75, 3.05) is 6.54 Å². The van der Waals surface area contributed by atoms with E-state index in [1.54, 1.807) is 0 Å². The van der Waals surface area contributed by atoms with Crippen molar-refractivity contribution >= 4 is 11.8 Å². The third-order valence-corrected chi connectivity index (χ3v) is 5.51. The lowest BCUT2D eigenvalue weighted by molar-refractivity contribution is 0.466. The summed E-state index contributed by atoms with van der Waals surface area (Å²) in [6.07, 6.45) is 9.78. The van der Waals surface area contributed by atoms with Gasteiger partial charge in [0.05, 0.1) is 0 Å². The molecule has 0 amide bonds. The molecule has 0 aliphatic heterocycles. The van der Waals surface area contributed by atoms with Gasteiger partial charge in [0.2, 0.25) is 0 Å². The zero-order chi connectivity index (χ0) is 11.1. The van der Waals surface area contributed by atoms with Crippen LogP contribution in [0.5, 0.6) is 0 Å². The van der Waals surface area contributed by atoms with Crippen molar-refractivity contribution in [1.82, 2.24) is 0 Å². The Hall–Kier alpha value is 0.310. The lowest BCUT2D eigenvalue weighted by Gasteiger charge is -2.29. The van der Waals surface area contributed by atoms with Crippen LogP contribution in [-0.4, -0.2) is 17.0 Å². The SMILES string of the molecule is CCC(CC)C(CN)SC1CCCCC1. The van der Waals surface area contributed by atoms with Gasteiger partial charge in [-0.15, -0.1) is 0 Å². The van der Waals surface area contributed by atoms with E-state index < -0.39 is 0 Å². The summed E-state index contributed by atoms with van der Waals surface area (Å²) in [6.45, 7) is 5.48. The maximum Gasteiger partial charge on any atom is 0.0201 e. The molecule has 15 heavy (non-hydrogen) atoms. The molecule has 0 heterocycles. The molecule has 0 aromatic rings. The van der Waals surface area contributed by atoms with Crippen LogP contribution in [0, 0.1) is 5.92 Å². The lowest BCUT2D eigenvalue weighted by atomic mass is 9.99. The van der Waals surface area contributed by atoms with Crippen LogP contribution < -0.4 is 5.73 Å². The monoisotopic (exact) mass is 229 g/mol. The van der Waals surface area contributed by atoms with Gasteiger partial charge < -0.3 is 5.73 Å². The van der Waals surface area contributed by atoms with E-state index in [2.05, 4.69) is 25.6 Å². The molecule has 0 bridgehead atoms. The molecule has 1 aliphatic carbocycles. The van der Waals surface area contributed by atoms with Crippen LogP contribution in [0.15, 0.2) is 0 Å². The minimum atomic E-state index is 0.711. The van der Waals surface area contributed by atoms with E-state index in [0.717, 1.165) is 17.7 Å². The fraction of sp³-hybridized carbons (Fsp3) is 1.00. The van der Waals surface area contributed by atoms with Crippen LogP contribution in [0.1, 0.15) is 58.8 Å². The summed E-state index contributed by atoms with van der Waals surface area (Å²) >= 11 is 2.20.